The lowest BCUT2D eigenvalue weighted by Gasteiger charge is -2.14. The number of benzene rings is 2. The maximum absolute atomic E-state index is 12.5. The SMILES string of the molecule is COc1cc(C=NNC(=O)c2nnn(-c3nonc3N)c2C)cc(Br)c1OCc1ccccc1Cl. The standard InChI is InChI=1S/C21H18BrClN8O4/c1-11-17(26-30-31(11)20-19(24)28-35-29-20)21(32)27-25-9-12-7-14(22)18(16(8-12)33-2)34-10-13-5-3-4-6-15(13)23/h3-9H,10H2,1-2H3,(H2,24,28)(H,27,32). The third kappa shape index (κ3) is 5.25. The maximum atomic E-state index is 12.5. The summed E-state index contributed by atoms with van der Waals surface area (Å²) < 4.78 is 17.8. The number of hydrogen-bond acceptors (Lipinski definition) is 10. The lowest BCUT2D eigenvalue weighted by Crippen LogP contribution is -2.19. The average Bonchev–Trinajstić information content (AvgIpc) is 3.43. The minimum absolute atomic E-state index is 0.0156. The molecule has 12 nitrogen and oxygen atoms in total. The van der Waals surface area contributed by atoms with E-state index in [4.69, 9.17) is 26.8 Å². The van der Waals surface area contributed by atoms with Crippen LogP contribution in [0.2, 0.25) is 5.02 Å². The molecule has 35 heavy (non-hydrogen) atoms. The van der Waals surface area contributed by atoms with Gasteiger partial charge in [-0.05, 0) is 56.9 Å². The molecule has 1 amide bonds. The Morgan fingerprint density at radius 1 is 1.34 bits per heavy atom. The molecule has 0 saturated carbocycles. The summed E-state index contributed by atoms with van der Waals surface area (Å²) in [5.41, 5.74) is 9.96. The van der Waals surface area contributed by atoms with Gasteiger partial charge in [-0.1, -0.05) is 35.0 Å². The largest absolute Gasteiger partial charge is 0.493 e. The third-order valence-electron chi connectivity index (χ3n) is 4.77. The van der Waals surface area contributed by atoms with Gasteiger partial charge in [0.1, 0.15) is 6.61 Å². The second kappa shape index (κ2) is 10.5. The number of hydrazone groups is 1. The number of hydrogen-bond donors (Lipinski definition) is 2. The van der Waals surface area contributed by atoms with Crippen LogP contribution >= 0.6 is 27.5 Å². The highest BCUT2D eigenvalue weighted by molar-refractivity contribution is 9.10. The van der Waals surface area contributed by atoms with Crippen molar-refractivity contribution in [3.63, 3.8) is 0 Å². The molecule has 4 aromatic rings. The van der Waals surface area contributed by atoms with Gasteiger partial charge in [-0.25, -0.2) is 10.1 Å². The lowest BCUT2D eigenvalue weighted by atomic mass is 10.2. The summed E-state index contributed by atoms with van der Waals surface area (Å²) in [5, 5.41) is 19.4. The van der Waals surface area contributed by atoms with Gasteiger partial charge in [-0.3, -0.25) is 4.79 Å². The van der Waals surface area contributed by atoms with Gasteiger partial charge in [0, 0.05) is 10.6 Å². The summed E-state index contributed by atoms with van der Waals surface area (Å²) in [4.78, 5) is 12.5. The van der Waals surface area contributed by atoms with Gasteiger partial charge in [0.15, 0.2) is 17.2 Å². The van der Waals surface area contributed by atoms with Crippen molar-refractivity contribution in [1.29, 1.82) is 0 Å². The topological polar surface area (TPSA) is 156 Å². The quantitative estimate of drug-likeness (QED) is 0.243. The molecular formula is C21H18BrClN8O4. The fourth-order valence-electron chi connectivity index (χ4n) is 3.02. The number of anilines is 1. The number of methoxy groups -OCH3 is 1. The van der Waals surface area contributed by atoms with Gasteiger partial charge in [0.25, 0.3) is 5.91 Å². The van der Waals surface area contributed by atoms with Crippen LogP contribution in [0, 0.1) is 6.92 Å². The zero-order valence-corrected chi connectivity index (χ0v) is 20.7. The Morgan fingerprint density at radius 3 is 2.86 bits per heavy atom. The minimum Gasteiger partial charge on any atom is -0.493 e. The van der Waals surface area contributed by atoms with Gasteiger partial charge in [-0.15, -0.1) is 5.10 Å². The van der Waals surface area contributed by atoms with Crippen molar-refractivity contribution in [2.75, 3.05) is 12.8 Å². The van der Waals surface area contributed by atoms with Gasteiger partial charge >= 0.3 is 0 Å². The Kier molecular flexibility index (Phi) is 7.27. The Hall–Kier alpha value is -3.97. The molecule has 0 aliphatic carbocycles. The normalized spacial score (nSPS) is 11.1. The van der Waals surface area contributed by atoms with Crippen molar-refractivity contribution >= 4 is 45.5 Å². The summed E-state index contributed by atoms with van der Waals surface area (Å²) in [6.07, 6.45) is 1.45. The van der Waals surface area contributed by atoms with Crippen molar-refractivity contribution in [2.24, 2.45) is 5.10 Å². The van der Waals surface area contributed by atoms with E-state index in [1.54, 1.807) is 25.1 Å². The molecule has 2 aromatic heterocycles. The Labute approximate surface area is 212 Å². The Morgan fingerprint density at radius 2 is 2.14 bits per heavy atom. The molecule has 2 heterocycles. The zero-order valence-electron chi connectivity index (χ0n) is 18.4. The van der Waals surface area contributed by atoms with E-state index in [2.05, 4.69) is 51.7 Å². The lowest BCUT2D eigenvalue weighted by molar-refractivity contribution is 0.0949. The molecule has 180 valence electrons. The van der Waals surface area contributed by atoms with E-state index in [1.165, 1.54) is 18.0 Å². The smallest absolute Gasteiger partial charge is 0.293 e. The molecule has 0 aliphatic rings. The number of carbonyl (C=O) groups is 1. The second-order valence-corrected chi connectivity index (χ2v) is 8.28. The van der Waals surface area contributed by atoms with Crippen LogP contribution in [0.5, 0.6) is 11.5 Å². The third-order valence-corrected chi connectivity index (χ3v) is 5.72. The molecule has 14 heteroatoms. The van der Waals surface area contributed by atoms with Crippen LogP contribution in [0.4, 0.5) is 5.82 Å². The molecule has 0 spiro atoms. The van der Waals surface area contributed by atoms with Crippen LogP contribution in [-0.4, -0.2) is 44.5 Å². The number of nitrogens with two attached hydrogens (primary N) is 1. The number of nitrogens with zero attached hydrogens (tertiary/aromatic N) is 6. The van der Waals surface area contributed by atoms with Crippen molar-refractivity contribution in [1.82, 2.24) is 30.7 Å². The first-order valence-electron chi connectivity index (χ1n) is 9.97. The number of rotatable bonds is 8. The molecule has 0 saturated heterocycles. The van der Waals surface area contributed by atoms with Crippen molar-refractivity contribution in [3.05, 3.63) is 68.4 Å². The number of carbonyl (C=O) groups excluding carboxylic acids is 1. The van der Waals surface area contributed by atoms with Crippen LogP contribution in [0.3, 0.4) is 0 Å². The molecule has 4 rings (SSSR count). The number of nitrogen functional groups attached to an aromatic ring is 1. The fourth-order valence-corrected chi connectivity index (χ4v) is 3.78. The van der Waals surface area contributed by atoms with E-state index in [0.29, 0.717) is 32.3 Å². The summed E-state index contributed by atoms with van der Waals surface area (Å²) >= 11 is 9.69. The maximum Gasteiger partial charge on any atom is 0.293 e. The van der Waals surface area contributed by atoms with Crippen LogP contribution < -0.4 is 20.6 Å². The molecule has 0 atom stereocenters. The Bertz CT molecular complexity index is 1400. The number of amides is 1. The van der Waals surface area contributed by atoms with Crippen LogP contribution in [-0.2, 0) is 6.61 Å². The van der Waals surface area contributed by atoms with Crippen LogP contribution in [0.15, 0.2) is 50.6 Å². The summed E-state index contributed by atoms with van der Waals surface area (Å²) in [5.74, 6) is 0.540. The monoisotopic (exact) mass is 560 g/mol. The number of aromatic nitrogens is 5. The molecule has 3 N–H and O–H groups in total. The van der Waals surface area contributed by atoms with Gasteiger partial charge in [-0.2, -0.15) is 9.78 Å². The van der Waals surface area contributed by atoms with E-state index in [9.17, 15) is 4.79 Å². The van der Waals surface area contributed by atoms with Crippen molar-refractivity contribution < 1.29 is 18.9 Å². The van der Waals surface area contributed by atoms with E-state index in [0.717, 1.165) is 5.56 Å². The number of halogens is 2. The summed E-state index contributed by atoms with van der Waals surface area (Å²) in [6, 6.07) is 10.9. The molecule has 0 fully saturated rings. The van der Waals surface area contributed by atoms with E-state index in [1.807, 2.05) is 18.2 Å². The highest BCUT2D eigenvalue weighted by Crippen LogP contribution is 2.37. The van der Waals surface area contributed by atoms with Crippen molar-refractivity contribution in [2.45, 2.75) is 13.5 Å². The minimum atomic E-state index is -0.578. The first-order valence-corrected chi connectivity index (χ1v) is 11.1. The molecular weight excluding hydrogens is 544 g/mol. The average molecular weight is 562 g/mol. The van der Waals surface area contributed by atoms with Gasteiger partial charge in [0.2, 0.25) is 11.6 Å². The van der Waals surface area contributed by atoms with E-state index < -0.39 is 5.91 Å². The van der Waals surface area contributed by atoms with Crippen molar-refractivity contribution in [3.8, 4) is 17.3 Å². The van der Waals surface area contributed by atoms with Gasteiger partial charge < -0.3 is 15.2 Å². The molecule has 0 bridgehead atoms. The predicted molar refractivity (Wildman–Crippen MR) is 130 cm³/mol. The summed E-state index contributed by atoms with van der Waals surface area (Å²) in [7, 11) is 1.52. The fraction of sp³-hybridized carbons (Fsp3) is 0.143. The first-order chi connectivity index (χ1) is 16.9. The number of ether oxygens (including phenoxy) is 2. The van der Waals surface area contributed by atoms with Crippen LogP contribution in [0.1, 0.15) is 27.3 Å². The molecule has 0 unspecified atom stereocenters. The summed E-state index contributed by atoms with van der Waals surface area (Å²) in [6.45, 7) is 1.88. The van der Waals surface area contributed by atoms with Crippen LogP contribution in [0.25, 0.3) is 5.82 Å². The number of nitrogens with one attached hydrogen (secondary N) is 1. The first kappa shape index (κ1) is 24.2. The van der Waals surface area contributed by atoms with E-state index in [-0.39, 0.29) is 23.9 Å². The predicted octanol–water partition coefficient (Wildman–Crippen LogP) is 3.31. The molecule has 2 aromatic carbocycles. The zero-order chi connectivity index (χ0) is 24.9. The van der Waals surface area contributed by atoms with Gasteiger partial charge in [0.05, 0.1) is 23.5 Å². The highest BCUT2D eigenvalue weighted by Gasteiger charge is 2.20. The molecule has 0 radical (unpaired) electrons. The molecule has 0 aliphatic heterocycles. The second-order valence-electron chi connectivity index (χ2n) is 7.02. The Balaban J connectivity index is 1.45. The van der Waals surface area contributed by atoms with E-state index >= 15 is 0 Å². The highest BCUT2D eigenvalue weighted by atomic mass is 79.9.